The molecule has 0 unspecified atom stereocenters. The SMILES string of the molecule is COCCn1ccc2cc(NC(=O)CCc3c(C)noc3Cl)ccc21. The summed E-state index contributed by atoms with van der Waals surface area (Å²) in [7, 11) is 1.69. The molecule has 0 aliphatic rings. The quantitative estimate of drug-likeness (QED) is 0.694. The zero-order chi connectivity index (χ0) is 17.8. The van der Waals surface area contributed by atoms with Crippen LogP contribution in [0.15, 0.2) is 35.0 Å². The molecule has 0 aliphatic carbocycles. The Labute approximate surface area is 150 Å². The fourth-order valence-electron chi connectivity index (χ4n) is 2.76. The highest BCUT2D eigenvalue weighted by Crippen LogP contribution is 2.22. The first-order valence-corrected chi connectivity index (χ1v) is 8.44. The van der Waals surface area contributed by atoms with Crippen LogP contribution in [0.4, 0.5) is 5.69 Å². The van der Waals surface area contributed by atoms with Crippen LogP contribution in [0.25, 0.3) is 10.9 Å². The number of carbonyl (C=O) groups excluding carboxylic acids is 1. The number of ether oxygens (including phenoxy) is 1. The van der Waals surface area contributed by atoms with Crippen LogP contribution < -0.4 is 5.32 Å². The fraction of sp³-hybridized carbons (Fsp3) is 0.333. The summed E-state index contributed by atoms with van der Waals surface area (Å²) in [6.07, 6.45) is 2.83. The fourth-order valence-corrected chi connectivity index (χ4v) is 3.03. The summed E-state index contributed by atoms with van der Waals surface area (Å²) in [5.41, 5.74) is 3.39. The van der Waals surface area contributed by atoms with Crippen LogP contribution in [-0.4, -0.2) is 29.3 Å². The van der Waals surface area contributed by atoms with Crippen LogP contribution in [0, 0.1) is 6.92 Å². The number of hydrogen-bond donors (Lipinski definition) is 1. The predicted octanol–water partition coefficient (Wildman–Crippen LogP) is 3.81. The van der Waals surface area contributed by atoms with Gasteiger partial charge in [0.25, 0.3) is 0 Å². The molecule has 0 aliphatic heterocycles. The van der Waals surface area contributed by atoms with Gasteiger partial charge in [0.05, 0.1) is 12.3 Å². The topological polar surface area (TPSA) is 69.3 Å². The van der Waals surface area contributed by atoms with Crippen molar-refractivity contribution in [1.29, 1.82) is 0 Å². The van der Waals surface area contributed by atoms with Gasteiger partial charge in [-0.25, -0.2) is 0 Å². The molecule has 3 rings (SSSR count). The van der Waals surface area contributed by atoms with E-state index in [9.17, 15) is 4.79 Å². The van der Waals surface area contributed by atoms with E-state index in [0.29, 0.717) is 19.4 Å². The van der Waals surface area contributed by atoms with E-state index in [4.69, 9.17) is 20.9 Å². The van der Waals surface area contributed by atoms with Crippen molar-refractivity contribution in [2.75, 3.05) is 19.0 Å². The van der Waals surface area contributed by atoms with Crippen LogP contribution in [0.5, 0.6) is 0 Å². The maximum atomic E-state index is 12.2. The Hall–Kier alpha value is -2.31. The molecule has 2 aromatic heterocycles. The number of halogens is 1. The normalized spacial score (nSPS) is 11.2. The number of aryl methyl sites for hydroxylation is 1. The Morgan fingerprint density at radius 2 is 2.24 bits per heavy atom. The number of methoxy groups -OCH3 is 1. The minimum absolute atomic E-state index is 0.0742. The molecule has 132 valence electrons. The van der Waals surface area contributed by atoms with Crippen molar-refractivity contribution in [3.8, 4) is 0 Å². The summed E-state index contributed by atoms with van der Waals surface area (Å²) in [6.45, 7) is 3.27. The van der Waals surface area contributed by atoms with E-state index in [0.717, 1.165) is 34.4 Å². The van der Waals surface area contributed by atoms with Crippen LogP contribution in [0.3, 0.4) is 0 Å². The molecule has 0 saturated heterocycles. The number of hydrogen-bond acceptors (Lipinski definition) is 4. The first-order chi connectivity index (χ1) is 12.1. The second-order valence-corrected chi connectivity index (χ2v) is 6.19. The monoisotopic (exact) mass is 361 g/mol. The van der Waals surface area contributed by atoms with E-state index in [2.05, 4.69) is 15.0 Å². The number of amides is 1. The third-order valence-electron chi connectivity index (χ3n) is 4.13. The molecule has 1 N–H and O–H groups in total. The zero-order valence-electron chi connectivity index (χ0n) is 14.2. The number of anilines is 1. The lowest BCUT2D eigenvalue weighted by Crippen LogP contribution is -2.12. The Morgan fingerprint density at radius 1 is 1.40 bits per heavy atom. The van der Waals surface area contributed by atoms with Gasteiger partial charge in [-0.3, -0.25) is 4.79 Å². The summed E-state index contributed by atoms with van der Waals surface area (Å²) in [6, 6.07) is 7.90. The molecule has 0 bridgehead atoms. The van der Waals surface area contributed by atoms with Gasteiger partial charge in [-0.1, -0.05) is 5.16 Å². The van der Waals surface area contributed by atoms with E-state index in [1.54, 1.807) is 7.11 Å². The van der Waals surface area contributed by atoms with E-state index in [-0.39, 0.29) is 11.1 Å². The van der Waals surface area contributed by atoms with Crippen LogP contribution in [0.1, 0.15) is 17.7 Å². The lowest BCUT2D eigenvalue weighted by atomic mass is 10.1. The molecule has 2 heterocycles. The zero-order valence-corrected chi connectivity index (χ0v) is 15.0. The van der Waals surface area contributed by atoms with Crippen molar-refractivity contribution >= 4 is 34.1 Å². The highest BCUT2D eigenvalue weighted by molar-refractivity contribution is 6.29. The molecule has 0 fully saturated rings. The number of carbonyl (C=O) groups is 1. The van der Waals surface area contributed by atoms with Crippen molar-refractivity contribution in [2.24, 2.45) is 0 Å². The van der Waals surface area contributed by atoms with E-state index >= 15 is 0 Å². The summed E-state index contributed by atoms with van der Waals surface area (Å²) in [4.78, 5) is 12.2. The number of nitrogens with zero attached hydrogens (tertiary/aromatic N) is 2. The van der Waals surface area contributed by atoms with Gasteiger partial charge in [-0.05, 0) is 49.2 Å². The van der Waals surface area contributed by atoms with Gasteiger partial charge < -0.3 is 19.1 Å². The maximum Gasteiger partial charge on any atom is 0.229 e. The second kappa shape index (κ2) is 7.72. The van der Waals surface area contributed by atoms with Gasteiger partial charge in [0, 0.05) is 48.4 Å². The summed E-state index contributed by atoms with van der Waals surface area (Å²) in [5, 5.41) is 8.04. The lowest BCUT2D eigenvalue weighted by Gasteiger charge is -2.07. The van der Waals surface area contributed by atoms with Crippen molar-refractivity contribution < 1.29 is 14.1 Å². The number of aromatic nitrogens is 2. The Bertz CT molecular complexity index is 865. The largest absolute Gasteiger partial charge is 0.383 e. The van der Waals surface area contributed by atoms with Gasteiger partial charge in [0.2, 0.25) is 11.1 Å². The molecule has 1 aromatic carbocycles. The van der Waals surface area contributed by atoms with Crippen molar-refractivity contribution in [2.45, 2.75) is 26.3 Å². The molecule has 0 saturated carbocycles. The maximum absolute atomic E-state index is 12.2. The molecule has 0 spiro atoms. The molecule has 25 heavy (non-hydrogen) atoms. The third kappa shape index (κ3) is 4.03. The third-order valence-corrected chi connectivity index (χ3v) is 4.43. The van der Waals surface area contributed by atoms with E-state index in [1.807, 2.05) is 37.4 Å². The van der Waals surface area contributed by atoms with Gasteiger partial charge in [0.15, 0.2) is 0 Å². The molecule has 3 aromatic rings. The second-order valence-electron chi connectivity index (χ2n) is 5.84. The van der Waals surface area contributed by atoms with Crippen LogP contribution in [0.2, 0.25) is 5.22 Å². The molecule has 6 nitrogen and oxygen atoms in total. The van der Waals surface area contributed by atoms with Crippen LogP contribution >= 0.6 is 11.6 Å². The van der Waals surface area contributed by atoms with E-state index in [1.165, 1.54) is 0 Å². The standard InChI is InChI=1S/C18H20ClN3O3/c1-12-15(18(19)25-21-12)4-6-17(23)20-14-3-5-16-13(11-14)7-8-22(16)9-10-24-2/h3,5,7-8,11H,4,6,9-10H2,1-2H3,(H,20,23). The number of rotatable bonds is 7. The summed E-state index contributed by atoms with van der Waals surface area (Å²) >= 11 is 5.92. The molecular weight excluding hydrogens is 342 g/mol. The Balaban J connectivity index is 1.63. The highest BCUT2D eigenvalue weighted by atomic mass is 35.5. The minimum Gasteiger partial charge on any atom is -0.383 e. The summed E-state index contributed by atoms with van der Waals surface area (Å²) < 4.78 is 12.1. The van der Waals surface area contributed by atoms with Crippen molar-refractivity contribution in [3.05, 3.63) is 46.9 Å². The number of benzene rings is 1. The van der Waals surface area contributed by atoms with E-state index < -0.39 is 0 Å². The first kappa shape index (κ1) is 17.5. The smallest absolute Gasteiger partial charge is 0.229 e. The predicted molar refractivity (Wildman–Crippen MR) is 97.0 cm³/mol. The number of nitrogens with one attached hydrogen (secondary N) is 1. The molecular formula is C18H20ClN3O3. The van der Waals surface area contributed by atoms with Gasteiger partial charge in [-0.2, -0.15) is 0 Å². The molecule has 0 atom stereocenters. The number of fused-ring (bicyclic) bond motifs is 1. The van der Waals surface area contributed by atoms with Crippen molar-refractivity contribution in [1.82, 2.24) is 9.72 Å². The average Bonchev–Trinajstić information content (AvgIpc) is 3.14. The minimum atomic E-state index is -0.0742. The van der Waals surface area contributed by atoms with Gasteiger partial charge >= 0.3 is 0 Å². The lowest BCUT2D eigenvalue weighted by molar-refractivity contribution is -0.116. The van der Waals surface area contributed by atoms with Crippen molar-refractivity contribution in [3.63, 3.8) is 0 Å². The molecule has 1 amide bonds. The highest BCUT2D eigenvalue weighted by Gasteiger charge is 2.13. The van der Waals surface area contributed by atoms with Crippen LogP contribution in [-0.2, 0) is 22.5 Å². The summed E-state index contributed by atoms with van der Waals surface area (Å²) in [5.74, 6) is -0.0742. The average molecular weight is 362 g/mol. The first-order valence-electron chi connectivity index (χ1n) is 8.07. The Morgan fingerprint density at radius 3 is 2.96 bits per heavy atom. The van der Waals surface area contributed by atoms with Gasteiger partial charge in [-0.15, -0.1) is 0 Å². The molecule has 0 radical (unpaired) electrons. The van der Waals surface area contributed by atoms with Gasteiger partial charge in [0.1, 0.15) is 0 Å². The molecule has 7 heteroatoms. The Kier molecular flexibility index (Phi) is 5.40.